The van der Waals surface area contributed by atoms with E-state index in [0.717, 1.165) is 11.3 Å². The first kappa shape index (κ1) is 14.0. The fourth-order valence-electron chi connectivity index (χ4n) is 1.41. The van der Waals surface area contributed by atoms with E-state index in [1.807, 2.05) is 24.3 Å². The van der Waals surface area contributed by atoms with Gasteiger partial charge in [-0.1, -0.05) is 12.1 Å². The number of ether oxygens (including phenoxy) is 1. The third-order valence-corrected chi connectivity index (χ3v) is 3.67. The molecule has 5 nitrogen and oxygen atoms in total. The summed E-state index contributed by atoms with van der Waals surface area (Å²) in [6.45, 7) is 0.504. The third-order valence-electron chi connectivity index (χ3n) is 2.26. The number of benzene rings is 1. The maximum atomic E-state index is 11.3. The first-order valence-electron chi connectivity index (χ1n) is 5.38. The van der Waals surface area contributed by atoms with Gasteiger partial charge in [0.2, 0.25) is 10.0 Å². The van der Waals surface area contributed by atoms with E-state index in [0.29, 0.717) is 13.0 Å². The molecule has 17 heavy (non-hydrogen) atoms. The molecule has 0 aliphatic rings. The molecule has 96 valence electrons. The van der Waals surface area contributed by atoms with Gasteiger partial charge in [-0.15, -0.1) is 0 Å². The quantitative estimate of drug-likeness (QED) is 0.727. The molecule has 0 aliphatic heterocycles. The number of sulfonamides is 1. The molecule has 0 saturated carbocycles. The van der Waals surface area contributed by atoms with Crippen molar-refractivity contribution in [3.63, 3.8) is 0 Å². The van der Waals surface area contributed by atoms with Crippen LogP contribution in [0, 0.1) is 0 Å². The van der Waals surface area contributed by atoms with E-state index in [1.165, 1.54) is 0 Å². The number of methoxy groups -OCH3 is 1. The van der Waals surface area contributed by atoms with Gasteiger partial charge in [-0.2, -0.15) is 0 Å². The minimum Gasteiger partial charge on any atom is -0.497 e. The molecule has 0 atom stereocenters. The summed E-state index contributed by atoms with van der Waals surface area (Å²) in [6, 6.07) is 7.54. The highest BCUT2D eigenvalue weighted by molar-refractivity contribution is 7.89. The van der Waals surface area contributed by atoms with Gasteiger partial charge in [0.15, 0.2) is 0 Å². The van der Waals surface area contributed by atoms with Crippen LogP contribution in [-0.4, -0.2) is 34.4 Å². The predicted octanol–water partition coefficient (Wildman–Crippen LogP) is 0.116. The second-order valence-corrected chi connectivity index (χ2v) is 5.53. The van der Waals surface area contributed by atoms with Crippen LogP contribution in [0.1, 0.15) is 5.56 Å². The van der Waals surface area contributed by atoms with E-state index in [2.05, 4.69) is 4.72 Å². The van der Waals surface area contributed by atoms with Crippen LogP contribution in [0.2, 0.25) is 0 Å². The molecule has 0 amide bonds. The maximum absolute atomic E-state index is 11.3. The van der Waals surface area contributed by atoms with Gasteiger partial charge in [0, 0.05) is 13.1 Å². The first-order chi connectivity index (χ1) is 8.07. The van der Waals surface area contributed by atoms with Crippen LogP contribution in [0.5, 0.6) is 5.75 Å². The molecule has 3 N–H and O–H groups in total. The van der Waals surface area contributed by atoms with Crippen molar-refractivity contribution in [3.05, 3.63) is 29.8 Å². The molecule has 6 heteroatoms. The van der Waals surface area contributed by atoms with E-state index in [4.69, 9.17) is 10.5 Å². The topological polar surface area (TPSA) is 81.4 Å². The zero-order chi connectivity index (χ0) is 12.7. The average molecular weight is 258 g/mol. The van der Waals surface area contributed by atoms with Gasteiger partial charge in [0.05, 0.1) is 12.9 Å². The van der Waals surface area contributed by atoms with Gasteiger partial charge in [0.1, 0.15) is 5.75 Å². The molecular formula is C11H18N2O3S. The minimum absolute atomic E-state index is 0.0366. The molecule has 1 aromatic carbocycles. The Morgan fingerprint density at radius 1 is 1.41 bits per heavy atom. The van der Waals surface area contributed by atoms with Crippen molar-refractivity contribution in [2.75, 3.05) is 26.0 Å². The number of hydrogen-bond donors (Lipinski definition) is 2. The summed E-state index contributed by atoms with van der Waals surface area (Å²) in [7, 11) is -1.62. The summed E-state index contributed by atoms with van der Waals surface area (Å²) in [5.41, 5.74) is 6.23. The van der Waals surface area contributed by atoms with Gasteiger partial charge in [-0.3, -0.25) is 0 Å². The Morgan fingerprint density at radius 2 is 2.18 bits per heavy atom. The van der Waals surface area contributed by atoms with Crippen molar-refractivity contribution in [2.24, 2.45) is 5.73 Å². The van der Waals surface area contributed by atoms with Crippen LogP contribution in [0.15, 0.2) is 24.3 Å². The Morgan fingerprint density at radius 3 is 2.82 bits per heavy atom. The second-order valence-electron chi connectivity index (χ2n) is 3.60. The fourth-order valence-corrected chi connectivity index (χ4v) is 2.27. The first-order valence-corrected chi connectivity index (χ1v) is 7.03. The van der Waals surface area contributed by atoms with Crippen molar-refractivity contribution in [1.29, 1.82) is 0 Å². The van der Waals surface area contributed by atoms with Crippen LogP contribution in [0.25, 0.3) is 0 Å². The molecule has 0 saturated heterocycles. The van der Waals surface area contributed by atoms with Gasteiger partial charge in [-0.05, 0) is 24.1 Å². The Hall–Kier alpha value is -1.11. The van der Waals surface area contributed by atoms with Crippen LogP contribution in [-0.2, 0) is 16.4 Å². The number of rotatable bonds is 7. The lowest BCUT2D eigenvalue weighted by Crippen LogP contribution is -2.31. The lowest BCUT2D eigenvalue weighted by Gasteiger charge is -2.06. The molecular weight excluding hydrogens is 240 g/mol. The molecule has 0 bridgehead atoms. The molecule has 0 spiro atoms. The zero-order valence-electron chi connectivity index (χ0n) is 9.85. The largest absolute Gasteiger partial charge is 0.497 e. The Balaban J connectivity index is 2.45. The van der Waals surface area contributed by atoms with Gasteiger partial charge in [-0.25, -0.2) is 13.1 Å². The van der Waals surface area contributed by atoms with E-state index in [9.17, 15) is 8.42 Å². The molecule has 0 unspecified atom stereocenters. The summed E-state index contributed by atoms with van der Waals surface area (Å²) in [6.07, 6.45) is 0.626. The molecule has 1 aromatic rings. The lowest BCUT2D eigenvalue weighted by molar-refractivity contribution is 0.414. The second kappa shape index (κ2) is 6.58. The molecule has 0 aliphatic carbocycles. The Labute approximate surface area is 102 Å². The van der Waals surface area contributed by atoms with Crippen molar-refractivity contribution in [3.8, 4) is 5.75 Å². The normalized spacial score (nSPS) is 11.4. The van der Waals surface area contributed by atoms with Crippen LogP contribution >= 0.6 is 0 Å². The SMILES string of the molecule is COc1cccc(CCNS(=O)(=O)CCN)c1. The molecule has 0 fully saturated rings. The molecule has 0 aromatic heterocycles. The van der Waals surface area contributed by atoms with Gasteiger partial charge in [0.25, 0.3) is 0 Å². The lowest BCUT2D eigenvalue weighted by atomic mass is 10.1. The van der Waals surface area contributed by atoms with Gasteiger partial charge >= 0.3 is 0 Å². The number of nitrogens with two attached hydrogens (primary N) is 1. The molecule has 0 heterocycles. The highest BCUT2D eigenvalue weighted by Gasteiger charge is 2.07. The highest BCUT2D eigenvalue weighted by atomic mass is 32.2. The standard InChI is InChI=1S/C11H18N2O3S/c1-16-11-4-2-3-10(9-11)5-7-13-17(14,15)8-6-12/h2-4,9,13H,5-8,12H2,1H3. The van der Waals surface area contributed by atoms with Crippen molar-refractivity contribution >= 4 is 10.0 Å². The van der Waals surface area contributed by atoms with Crippen molar-refractivity contribution in [2.45, 2.75) is 6.42 Å². The smallest absolute Gasteiger partial charge is 0.212 e. The highest BCUT2D eigenvalue weighted by Crippen LogP contribution is 2.12. The summed E-state index contributed by atoms with van der Waals surface area (Å²) >= 11 is 0. The number of nitrogens with one attached hydrogen (secondary N) is 1. The molecule has 1 rings (SSSR count). The third kappa shape index (κ3) is 5.16. The summed E-state index contributed by atoms with van der Waals surface area (Å²) < 4.78 is 30.2. The number of hydrogen-bond acceptors (Lipinski definition) is 4. The Bertz CT molecular complexity index is 446. The fraction of sp³-hybridized carbons (Fsp3) is 0.455. The monoisotopic (exact) mass is 258 g/mol. The van der Waals surface area contributed by atoms with E-state index in [-0.39, 0.29) is 12.3 Å². The van der Waals surface area contributed by atoms with Gasteiger partial charge < -0.3 is 10.5 Å². The van der Waals surface area contributed by atoms with Crippen molar-refractivity contribution in [1.82, 2.24) is 4.72 Å². The zero-order valence-corrected chi connectivity index (χ0v) is 10.7. The molecule has 0 radical (unpaired) electrons. The summed E-state index contributed by atoms with van der Waals surface area (Å²) in [5, 5.41) is 0. The minimum atomic E-state index is -3.22. The summed E-state index contributed by atoms with van der Waals surface area (Å²) in [5.74, 6) is 0.734. The van der Waals surface area contributed by atoms with Crippen LogP contribution < -0.4 is 15.2 Å². The maximum Gasteiger partial charge on any atom is 0.212 e. The van der Waals surface area contributed by atoms with E-state index in [1.54, 1.807) is 7.11 Å². The average Bonchev–Trinajstić information content (AvgIpc) is 2.29. The van der Waals surface area contributed by atoms with E-state index >= 15 is 0 Å². The Kier molecular flexibility index (Phi) is 5.40. The van der Waals surface area contributed by atoms with Crippen LogP contribution in [0.3, 0.4) is 0 Å². The summed E-state index contributed by atoms with van der Waals surface area (Å²) in [4.78, 5) is 0. The predicted molar refractivity (Wildman–Crippen MR) is 67.5 cm³/mol. The van der Waals surface area contributed by atoms with E-state index < -0.39 is 10.0 Å². The van der Waals surface area contributed by atoms with Crippen LogP contribution in [0.4, 0.5) is 0 Å². The van der Waals surface area contributed by atoms with Crippen molar-refractivity contribution < 1.29 is 13.2 Å².